The first-order valence-electron chi connectivity index (χ1n) is 6.60. The molecule has 0 aliphatic carbocycles. The van der Waals surface area contributed by atoms with Gasteiger partial charge in [-0.15, -0.1) is 0 Å². The van der Waals surface area contributed by atoms with E-state index in [0.717, 1.165) is 23.4 Å². The molecule has 0 radical (unpaired) electrons. The number of imidazole rings is 1. The average Bonchev–Trinajstić information content (AvgIpc) is 2.85. The van der Waals surface area contributed by atoms with E-state index in [-0.39, 0.29) is 5.56 Å². The fourth-order valence-corrected chi connectivity index (χ4v) is 2.74. The zero-order valence-corrected chi connectivity index (χ0v) is 13.5. The number of carboxylic acids is 1. The van der Waals surface area contributed by atoms with Crippen LogP contribution in [0.5, 0.6) is 0 Å². The summed E-state index contributed by atoms with van der Waals surface area (Å²) in [6.45, 7) is 2.04. The first kappa shape index (κ1) is 14.1. The third-order valence-electron chi connectivity index (χ3n) is 3.37. The van der Waals surface area contributed by atoms with Gasteiger partial charge in [0.2, 0.25) is 0 Å². The number of nitrogens with zero attached hydrogens (tertiary/aromatic N) is 2. The van der Waals surface area contributed by atoms with Crippen LogP contribution in [-0.4, -0.2) is 20.6 Å². The average molecular weight is 392 g/mol. The normalized spacial score (nSPS) is 11.0. The highest BCUT2D eigenvalue weighted by Crippen LogP contribution is 2.23. The van der Waals surface area contributed by atoms with Crippen molar-refractivity contribution in [2.75, 3.05) is 0 Å². The van der Waals surface area contributed by atoms with Gasteiger partial charge < -0.3 is 5.11 Å². The first-order valence-corrected chi connectivity index (χ1v) is 7.68. The van der Waals surface area contributed by atoms with E-state index < -0.39 is 5.97 Å². The molecular formula is C16H13IN2O2. The standard InChI is InChI=1S/C16H13IN2O2/c1-2-15-18-13-9-10(16(20)21)3-8-14(13)19(15)12-6-4-11(17)5-7-12/h3-9H,2H2,1H3,(H,20,21). The largest absolute Gasteiger partial charge is 0.478 e. The molecule has 106 valence electrons. The van der Waals surface area contributed by atoms with Gasteiger partial charge in [-0.2, -0.15) is 0 Å². The summed E-state index contributed by atoms with van der Waals surface area (Å²) < 4.78 is 3.25. The van der Waals surface area contributed by atoms with Crippen LogP contribution >= 0.6 is 22.6 Å². The molecule has 0 unspecified atom stereocenters. The summed E-state index contributed by atoms with van der Waals surface area (Å²) in [5.41, 5.74) is 2.94. The number of halogens is 1. The van der Waals surface area contributed by atoms with Crippen LogP contribution in [0.15, 0.2) is 42.5 Å². The Morgan fingerprint density at radius 1 is 1.24 bits per heavy atom. The third-order valence-corrected chi connectivity index (χ3v) is 4.09. The lowest BCUT2D eigenvalue weighted by molar-refractivity contribution is 0.0697. The Balaban J connectivity index is 2.25. The predicted molar refractivity (Wildman–Crippen MR) is 90.1 cm³/mol. The lowest BCUT2D eigenvalue weighted by atomic mass is 10.2. The van der Waals surface area contributed by atoms with Gasteiger partial charge in [0.1, 0.15) is 5.82 Å². The first-order chi connectivity index (χ1) is 10.1. The van der Waals surface area contributed by atoms with E-state index in [2.05, 4.69) is 32.1 Å². The quantitative estimate of drug-likeness (QED) is 0.689. The number of hydrogen-bond donors (Lipinski definition) is 1. The van der Waals surface area contributed by atoms with Crippen LogP contribution in [0.2, 0.25) is 0 Å². The predicted octanol–water partition coefficient (Wildman–Crippen LogP) is 3.89. The Morgan fingerprint density at radius 2 is 1.95 bits per heavy atom. The monoisotopic (exact) mass is 392 g/mol. The van der Waals surface area contributed by atoms with Gasteiger partial charge in [0.05, 0.1) is 16.6 Å². The number of aromatic carboxylic acids is 1. The van der Waals surface area contributed by atoms with E-state index in [1.165, 1.54) is 3.57 Å². The van der Waals surface area contributed by atoms with Crippen molar-refractivity contribution in [2.24, 2.45) is 0 Å². The van der Waals surface area contributed by atoms with Gasteiger partial charge in [0.15, 0.2) is 0 Å². The maximum atomic E-state index is 11.1. The maximum absolute atomic E-state index is 11.1. The summed E-state index contributed by atoms with van der Waals surface area (Å²) in [7, 11) is 0. The van der Waals surface area contributed by atoms with Gasteiger partial charge in [-0.05, 0) is 65.1 Å². The van der Waals surface area contributed by atoms with Crippen molar-refractivity contribution in [2.45, 2.75) is 13.3 Å². The number of rotatable bonds is 3. The lowest BCUT2D eigenvalue weighted by Gasteiger charge is -2.08. The van der Waals surface area contributed by atoms with Crippen molar-refractivity contribution in [3.05, 3.63) is 57.4 Å². The number of carbonyl (C=O) groups is 1. The maximum Gasteiger partial charge on any atom is 0.335 e. The summed E-state index contributed by atoms with van der Waals surface area (Å²) in [6, 6.07) is 13.3. The van der Waals surface area contributed by atoms with E-state index in [0.29, 0.717) is 5.52 Å². The molecule has 0 aliphatic heterocycles. The highest BCUT2D eigenvalue weighted by molar-refractivity contribution is 14.1. The van der Waals surface area contributed by atoms with Crippen LogP contribution in [-0.2, 0) is 6.42 Å². The van der Waals surface area contributed by atoms with E-state index >= 15 is 0 Å². The Morgan fingerprint density at radius 3 is 2.57 bits per heavy atom. The van der Waals surface area contributed by atoms with Crippen molar-refractivity contribution in [3.63, 3.8) is 0 Å². The second kappa shape index (κ2) is 5.48. The van der Waals surface area contributed by atoms with E-state index in [1.807, 2.05) is 37.3 Å². The summed E-state index contributed by atoms with van der Waals surface area (Å²) in [5, 5.41) is 9.09. The fraction of sp³-hybridized carbons (Fsp3) is 0.125. The summed E-state index contributed by atoms with van der Waals surface area (Å²) in [4.78, 5) is 15.6. The summed E-state index contributed by atoms with van der Waals surface area (Å²) >= 11 is 2.27. The van der Waals surface area contributed by atoms with Crippen molar-refractivity contribution >= 4 is 39.6 Å². The van der Waals surface area contributed by atoms with Gasteiger partial charge in [-0.1, -0.05) is 6.92 Å². The lowest BCUT2D eigenvalue weighted by Crippen LogP contribution is -2.00. The number of fused-ring (bicyclic) bond motifs is 1. The molecule has 0 bridgehead atoms. The number of benzene rings is 2. The van der Waals surface area contributed by atoms with E-state index in [4.69, 9.17) is 5.11 Å². The molecule has 1 aromatic heterocycles. The smallest absolute Gasteiger partial charge is 0.335 e. The number of aromatic nitrogens is 2. The molecule has 0 atom stereocenters. The third kappa shape index (κ3) is 2.53. The molecule has 3 rings (SSSR count). The zero-order chi connectivity index (χ0) is 15.0. The van der Waals surface area contributed by atoms with Crippen LogP contribution in [0.4, 0.5) is 0 Å². The van der Waals surface area contributed by atoms with Gasteiger partial charge in [-0.3, -0.25) is 4.57 Å². The molecule has 0 spiro atoms. The molecule has 4 nitrogen and oxygen atoms in total. The van der Waals surface area contributed by atoms with Crippen molar-refractivity contribution in [3.8, 4) is 5.69 Å². The van der Waals surface area contributed by atoms with Crippen LogP contribution in [0.3, 0.4) is 0 Å². The van der Waals surface area contributed by atoms with Crippen LogP contribution in [0.1, 0.15) is 23.1 Å². The van der Waals surface area contributed by atoms with Gasteiger partial charge in [0.25, 0.3) is 0 Å². The van der Waals surface area contributed by atoms with Crippen LogP contribution in [0.25, 0.3) is 16.7 Å². The SMILES string of the molecule is CCc1nc2cc(C(=O)O)ccc2n1-c1ccc(I)cc1. The highest BCUT2D eigenvalue weighted by Gasteiger charge is 2.13. The summed E-state index contributed by atoms with van der Waals surface area (Å²) in [6.07, 6.45) is 0.781. The summed E-state index contributed by atoms with van der Waals surface area (Å²) in [5.74, 6) is -0.00693. The minimum absolute atomic E-state index is 0.261. The van der Waals surface area contributed by atoms with Gasteiger partial charge in [-0.25, -0.2) is 9.78 Å². The van der Waals surface area contributed by atoms with Crippen molar-refractivity contribution in [1.29, 1.82) is 0 Å². The number of hydrogen-bond acceptors (Lipinski definition) is 2. The second-order valence-electron chi connectivity index (χ2n) is 4.70. The molecule has 3 aromatic rings. The fourth-order valence-electron chi connectivity index (χ4n) is 2.38. The Bertz CT molecular complexity index is 822. The molecule has 1 N–H and O–H groups in total. The van der Waals surface area contributed by atoms with E-state index in [9.17, 15) is 4.79 Å². The zero-order valence-electron chi connectivity index (χ0n) is 11.4. The second-order valence-corrected chi connectivity index (χ2v) is 5.95. The minimum atomic E-state index is -0.932. The van der Waals surface area contributed by atoms with Gasteiger partial charge in [0, 0.05) is 15.7 Å². The minimum Gasteiger partial charge on any atom is -0.478 e. The van der Waals surface area contributed by atoms with Crippen LogP contribution < -0.4 is 0 Å². The molecule has 2 aromatic carbocycles. The van der Waals surface area contributed by atoms with Gasteiger partial charge >= 0.3 is 5.97 Å². The topological polar surface area (TPSA) is 55.1 Å². The molecule has 0 saturated heterocycles. The molecule has 21 heavy (non-hydrogen) atoms. The molecule has 5 heteroatoms. The molecule has 0 fully saturated rings. The number of carboxylic acid groups (broad SMARTS) is 1. The Labute approximate surface area is 135 Å². The van der Waals surface area contributed by atoms with Crippen molar-refractivity contribution < 1.29 is 9.90 Å². The highest BCUT2D eigenvalue weighted by atomic mass is 127. The molecule has 1 heterocycles. The molecular weight excluding hydrogens is 379 g/mol. The van der Waals surface area contributed by atoms with Crippen molar-refractivity contribution in [1.82, 2.24) is 9.55 Å². The number of aryl methyl sites for hydroxylation is 1. The molecule has 0 aliphatic rings. The molecule has 0 saturated carbocycles. The molecule has 0 amide bonds. The Kier molecular flexibility index (Phi) is 3.67. The van der Waals surface area contributed by atoms with E-state index in [1.54, 1.807) is 12.1 Å². The van der Waals surface area contributed by atoms with Crippen LogP contribution in [0, 0.1) is 3.57 Å². The Hall–Kier alpha value is -1.89.